The van der Waals surface area contributed by atoms with Gasteiger partial charge in [0, 0.05) is 24.8 Å². The van der Waals surface area contributed by atoms with Crippen molar-refractivity contribution in [3.63, 3.8) is 0 Å². The molecule has 5 heteroatoms. The highest BCUT2D eigenvalue weighted by Crippen LogP contribution is 2.28. The molecule has 1 fully saturated rings. The van der Waals surface area contributed by atoms with Crippen molar-refractivity contribution in [2.45, 2.75) is 19.8 Å². The maximum Gasteiger partial charge on any atom is 0.222 e. The van der Waals surface area contributed by atoms with Gasteiger partial charge in [-0.3, -0.25) is 4.79 Å². The second kappa shape index (κ2) is 7.69. The van der Waals surface area contributed by atoms with Crippen LogP contribution in [0.5, 0.6) is 11.5 Å². The predicted octanol–water partition coefficient (Wildman–Crippen LogP) is 2.88. The van der Waals surface area contributed by atoms with Crippen LogP contribution in [0.1, 0.15) is 18.9 Å². The lowest BCUT2D eigenvalue weighted by molar-refractivity contribution is -0.127. The first-order valence-electron chi connectivity index (χ1n) is 7.31. The summed E-state index contributed by atoms with van der Waals surface area (Å²) < 4.78 is 10.9. The fourth-order valence-corrected chi connectivity index (χ4v) is 3.01. The van der Waals surface area contributed by atoms with E-state index in [1.54, 1.807) is 7.11 Å². The number of rotatable bonds is 7. The van der Waals surface area contributed by atoms with Gasteiger partial charge in [0.15, 0.2) is 11.5 Å². The number of hydrogen-bond acceptors (Lipinski definition) is 3. The number of carbonyl (C=O) groups is 1. The van der Waals surface area contributed by atoms with Gasteiger partial charge in [-0.25, -0.2) is 0 Å². The largest absolute Gasteiger partial charge is 0.493 e. The van der Waals surface area contributed by atoms with Crippen molar-refractivity contribution in [3.05, 3.63) is 23.8 Å². The van der Waals surface area contributed by atoms with Crippen molar-refractivity contribution in [2.75, 3.05) is 32.1 Å². The molecular weight excluding hydrogens is 334 g/mol. The van der Waals surface area contributed by atoms with Gasteiger partial charge < -0.3 is 14.4 Å². The number of amides is 1. The van der Waals surface area contributed by atoms with E-state index in [1.807, 2.05) is 30.0 Å². The molecule has 0 aliphatic carbocycles. The molecule has 0 N–H and O–H groups in total. The van der Waals surface area contributed by atoms with Crippen LogP contribution in [0, 0.1) is 5.92 Å². The van der Waals surface area contributed by atoms with E-state index in [-0.39, 0.29) is 5.91 Å². The van der Waals surface area contributed by atoms with Gasteiger partial charge >= 0.3 is 0 Å². The van der Waals surface area contributed by atoms with Gasteiger partial charge in [0.2, 0.25) is 5.91 Å². The van der Waals surface area contributed by atoms with Gasteiger partial charge in [-0.1, -0.05) is 22.0 Å². The van der Waals surface area contributed by atoms with Gasteiger partial charge in [-0.2, -0.15) is 0 Å². The average Bonchev–Trinajstić information content (AvgIpc) is 2.87. The van der Waals surface area contributed by atoms with Crippen molar-refractivity contribution in [1.29, 1.82) is 0 Å². The first-order valence-corrected chi connectivity index (χ1v) is 8.43. The van der Waals surface area contributed by atoms with E-state index in [0.717, 1.165) is 41.9 Å². The second-order valence-corrected chi connectivity index (χ2v) is 5.88. The van der Waals surface area contributed by atoms with Crippen molar-refractivity contribution >= 4 is 21.8 Å². The number of likely N-dealkylation sites (tertiary alicyclic amines) is 1. The zero-order valence-electron chi connectivity index (χ0n) is 12.6. The lowest BCUT2D eigenvalue weighted by Crippen LogP contribution is -2.27. The zero-order valence-corrected chi connectivity index (χ0v) is 14.2. The molecule has 1 aliphatic heterocycles. The van der Waals surface area contributed by atoms with Crippen LogP contribution >= 0.6 is 15.9 Å². The monoisotopic (exact) mass is 355 g/mol. The number of benzene rings is 1. The standard InChI is InChI=1S/C16H22BrNO3/c1-3-21-14-5-4-12(8-15(14)20-2)6-7-18-11-13(10-17)9-16(18)19/h4-5,8,13H,3,6-7,9-11H2,1-2H3. The Morgan fingerprint density at radius 1 is 1.38 bits per heavy atom. The highest BCUT2D eigenvalue weighted by Gasteiger charge is 2.28. The van der Waals surface area contributed by atoms with E-state index >= 15 is 0 Å². The highest BCUT2D eigenvalue weighted by atomic mass is 79.9. The van der Waals surface area contributed by atoms with Gasteiger partial charge in [0.25, 0.3) is 0 Å². The van der Waals surface area contributed by atoms with Crippen molar-refractivity contribution < 1.29 is 14.3 Å². The normalized spacial score (nSPS) is 18.1. The molecule has 0 saturated carbocycles. The number of nitrogens with zero attached hydrogens (tertiary/aromatic N) is 1. The van der Waals surface area contributed by atoms with Crippen LogP contribution in [0.15, 0.2) is 18.2 Å². The Balaban J connectivity index is 1.96. The summed E-state index contributed by atoms with van der Waals surface area (Å²) in [6, 6.07) is 5.97. The minimum absolute atomic E-state index is 0.261. The van der Waals surface area contributed by atoms with Gasteiger partial charge in [-0.15, -0.1) is 0 Å². The Bertz CT molecular complexity index is 492. The maximum atomic E-state index is 11.9. The summed E-state index contributed by atoms with van der Waals surface area (Å²) in [4.78, 5) is 13.8. The minimum atomic E-state index is 0.261. The molecule has 0 radical (unpaired) electrons. The van der Waals surface area contributed by atoms with Crippen molar-refractivity contribution in [3.8, 4) is 11.5 Å². The Morgan fingerprint density at radius 3 is 2.81 bits per heavy atom. The quantitative estimate of drug-likeness (QED) is 0.706. The molecule has 0 aromatic heterocycles. The molecule has 0 bridgehead atoms. The summed E-state index contributed by atoms with van der Waals surface area (Å²) in [5.74, 6) is 2.23. The third-order valence-corrected chi connectivity index (χ3v) is 4.63. The first kappa shape index (κ1) is 16.1. The summed E-state index contributed by atoms with van der Waals surface area (Å²) in [6.07, 6.45) is 1.50. The van der Waals surface area contributed by atoms with Crippen LogP contribution in [0.4, 0.5) is 0 Å². The minimum Gasteiger partial charge on any atom is -0.493 e. The first-order chi connectivity index (χ1) is 10.2. The SMILES string of the molecule is CCOc1ccc(CCN2CC(CBr)CC2=O)cc1OC. The molecule has 1 aliphatic rings. The van der Waals surface area contributed by atoms with E-state index in [4.69, 9.17) is 9.47 Å². The van der Waals surface area contributed by atoms with Crippen LogP contribution in [0.3, 0.4) is 0 Å². The number of carbonyl (C=O) groups excluding carboxylic acids is 1. The number of ether oxygens (including phenoxy) is 2. The Morgan fingerprint density at radius 2 is 2.19 bits per heavy atom. The van der Waals surface area contributed by atoms with Crippen LogP contribution in [0.25, 0.3) is 0 Å². The topological polar surface area (TPSA) is 38.8 Å². The van der Waals surface area contributed by atoms with E-state index in [1.165, 1.54) is 0 Å². The molecular formula is C16H22BrNO3. The fraction of sp³-hybridized carbons (Fsp3) is 0.562. The van der Waals surface area contributed by atoms with Crippen molar-refractivity contribution in [2.24, 2.45) is 5.92 Å². The van der Waals surface area contributed by atoms with E-state index in [9.17, 15) is 4.79 Å². The van der Waals surface area contributed by atoms with Crippen LogP contribution in [-0.2, 0) is 11.2 Å². The maximum absolute atomic E-state index is 11.9. The molecule has 1 heterocycles. The van der Waals surface area contributed by atoms with Crippen molar-refractivity contribution in [1.82, 2.24) is 4.90 Å². The number of methoxy groups -OCH3 is 1. The molecule has 1 aromatic rings. The Labute approximate surface area is 134 Å². The third kappa shape index (κ3) is 4.13. The molecule has 1 amide bonds. The summed E-state index contributed by atoms with van der Waals surface area (Å²) in [7, 11) is 1.65. The molecule has 21 heavy (non-hydrogen) atoms. The zero-order chi connectivity index (χ0) is 15.2. The second-order valence-electron chi connectivity index (χ2n) is 5.23. The lowest BCUT2D eigenvalue weighted by atomic mass is 10.1. The highest BCUT2D eigenvalue weighted by molar-refractivity contribution is 9.09. The van der Waals surface area contributed by atoms with Crippen LogP contribution < -0.4 is 9.47 Å². The molecule has 1 aromatic carbocycles. The smallest absolute Gasteiger partial charge is 0.222 e. The van der Waals surface area contributed by atoms with E-state index < -0.39 is 0 Å². The van der Waals surface area contributed by atoms with E-state index in [2.05, 4.69) is 15.9 Å². The number of alkyl halides is 1. The van der Waals surface area contributed by atoms with E-state index in [0.29, 0.717) is 18.9 Å². The molecule has 4 nitrogen and oxygen atoms in total. The molecule has 1 saturated heterocycles. The number of halogens is 1. The molecule has 1 atom stereocenters. The predicted molar refractivity (Wildman–Crippen MR) is 86.3 cm³/mol. The third-order valence-electron chi connectivity index (χ3n) is 3.71. The molecule has 0 spiro atoms. The summed E-state index contributed by atoms with van der Waals surface area (Å²) in [6.45, 7) is 4.19. The van der Waals surface area contributed by atoms with Gasteiger partial charge in [0.05, 0.1) is 13.7 Å². The lowest BCUT2D eigenvalue weighted by Gasteiger charge is -2.17. The molecule has 1 unspecified atom stereocenters. The van der Waals surface area contributed by atoms with Gasteiger partial charge in [-0.05, 0) is 37.0 Å². The Kier molecular flexibility index (Phi) is 5.91. The number of hydrogen-bond donors (Lipinski definition) is 0. The van der Waals surface area contributed by atoms with Gasteiger partial charge in [0.1, 0.15) is 0 Å². The van der Waals surface area contributed by atoms with Crippen LogP contribution in [0.2, 0.25) is 0 Å². The summed E-state index contributed by atoms with van der Waals surface area (Å²) in [5.41, 5.74) is 1.16. The Hall–Kier alpha value is -1.23. The summed E-state index contributed by atoms with van der Waals surface area (Å²) in [5, 5.41) is 0.895. The summed E-state index contributed by atoms with van der Waals surface area (Å²) >= 11 is 3.46. The average molecular weight is 356 g/mol. The van der Waals surface area contributed by atoms with Crippen LogP contribution in [-0.4, -0.2) is 42.9 Å². The molecule has 2 rings (SSSR count). The fourth-order valence-electron chi connectivity index (χ4n) is 2.58. The molecule has 116 valence electrons.